The average molecular weight is 336 g/mol. The van der Waals surface area contributed by atoms with E-state index in [1.165, 1.54) is 12.4 Å². The van der Waals surface area contributed by atoms with Gasteiger partial charge in [0.15, 0.2) is 5.82 Å². The van der Waals surface area contributed by atoms with Crippen molar-refractivity contribution in [3.8, 4) is 11.4 Å². The van der Waals surface area contributed by atoms with Gasteiger partial charge in [-0.3, -0.25) is 14.5 Å². The van der Waals surface area contributed by atoms with Gasteiger partial charge in [0.1, 0.15) is 0 Å². The first kappa shape index (κ1) is 16.8. The van der Waals surface area contributed by atoms with Crippen molar-refractivity contribution in [2.24, 2.45) is 0 Å². The zero-order chi connectivity index (χ0) is 17.8. The Bertz CT molecular complexity index is 857. The minimum Gasteiger partial charge on any atom is -0.350 e. The molecule has 3 rings (SSSR count). The van der Waals surface area contributed by atoms with Crippen LogP contribution in [0.15, 0.2) is 43.0 Å². The lowest BCUT2D eigenvalue weighted by atomic mass is 10.2. The SMILES string of the molecule is Cc1cc(C)n([C@@H](C)CNC(=O)c2cnc(-c3cccnc3)nc2)n1. The van der Waals surface area contributed by atoms with Crippen LogP contribution in [0.2, 0.25) is 0 Å². The summed E-state index contributed by atoms with van der Waals surface area (Å²) in [6.45, 7) is 6.45. The van der Waals surface area contributed by atoms with Crippen LogP contribution >= 0.6 is 0 Å². The minimum atomic E-state index is -0.203. The van der Waals surface area contributed by atoms with Gasteiger partial charge in [-0.25, -0.2) is 9.97 Å². The molecule has 3 heterocycles. The van der Waals surface area contributed by atoms with E-state index in [-0.39, 0.29) is 11.9 Å². The second-order valence-corrected chi connectivity index (χ2v) is 5.97. The molecule has 0 aliphatic carbocycles. The standard InChI is InChI=1S/C18H20N6O/c1-12-7-13(2)24(23-12)14(3)8-22-18(25)16-10-20-17(21-11-16)15-5-4-6-19-9-15/h4-7,9-11,14H,8H2,1-3H3,(H,22,25)/t14-/m0/s1. The number of hydrogen-bond donors (Lipinski definition) is 1. The molecule has 0 fully saturated rings. The highest BCUT2D eigenvalue weighted by Crippen LogP contribution is 2.12. The molecule has 0 bridgehead atoms. The molecule has 0 saturated carbocycles. The molecule has 3 aromatic heterocycles. The van der Waals surface area contributed by atoms with E-state index in [1.54, 1.807) is 12.4 Å². The minimum absolute atomic E-state index is 0.0632. The molecule has 25 heavy (non-hydrogen) atoms. The number of carbonyl (C=O) groups excluding carboxylic acids is 1. The van der Waals surface area contributed by atoms with Crippen molar-refractivity contribution >= 4 is 5.91 Å². The summed E-state index contributed by atoms with van der Waals surface area (Å²) >= 11 is 0. The number of hydrogen-bond acceptors (Lipinski definition) is 5. The predicted octanol–water partition coefficient (Wildman–Crippen LogP) is 2.34. The summed E-state index contributed by atoms with van der Waals surface area (Å²) in [4.78, 5) is 24.8. The van der Waals surface area contributed by atoms with E-state index in [2.05, 4.69) is 25.4 Å². The van der Waals surface area contributed by atoms with Crippen molar-refractivity contribution in [2.75, 3.05) is 6.54 Å². The van der Waals surface area contributed by atoms with Crippen LogP contribution in [0.3, 0.4) is 0 Å². The maximum atomic E-state index is 12.3. The Morgan fingerprint density at radius 2 is 2.00 bits per heavy atom. The monoisotopic (exact) mass is 336 g/mol. The number of aryl methyl sites for hydroxylation is 2. The van der Waals surface area contributed by atoms with Crippen molar-refractivity contribution in [1.82, 2.24) is 30.0 Å². The number of amides is 1. The summed E-state index contributed by atoms with van der Waals surface area (Å²) in [5.41, 5.74) is 3.28. The summed E-state index contributed by atoms with van der Waals surface area (Å²) in [6, 6.07) is 5.77. The van der Waals surface area contributed by atoms with Crippen LogP contribution < -0.4 is 5.32 Å². The molecule has 0 saturated heterocycles. The van der Waals surface area contributed by atoms with E-state index in [0.717, 1.165) is 17.0 Å². The molecule has 1 amide bonds. The first-order valence-electron chi connectivity index (χ1n) is 8.08. The zero-order valence-electron chi connectivity index (χ0n) is 14.5. The molecular formula is C18H20N6O. The van der Waals surface area contributed by atoms with Gasteiger partial charge in [-0.05, 0) is 39.0 Å². The van der Waals surface area contributed by atoms with Gasteiger partial charge in [0.25, 0.3) is 5.91 Å². The first-order chi connectivity index (χ1) is 12.0. The topological polar surface area (TPSA) is 85.6 Å². The maximum Gasteiger partial charge on any atom is 0.254 e. The van der Waals surface area contributed by atoms with E-state index >= 15 is 0 Å². The van der Waals surface area contributed by atoms with Crippen molar-refractivity contribution in [2.45, 2.75) is 26.8 Å². The normalized spacial score (nSPS) is 12.0. The third-order valence-electron chi connectivity index (χ3n) is 3.85. The van der Waals surface area contributed by atoms with E-state index < -0.39 is 0 Å². The molecule has 3 aromatic rings. The fourth-order valence-electron chi connectivity index (χ4n) is 2.61. The van der Waals surface area contributed by atoms with Crippen LogP contribution in [0.1, 0.15) is 34.7 Å². The Kier molecular flexibility index (Phi) is 4.83. The van der Waals surface area contributed by atoms with Gasteiger partial charge in [-0.2, -0.15) is 5.10 Å². The van der Waals surface area contributed by atoms with Crippen molar-refractivity contribution < 1.29 is 4.79 Å². The molecular weight excluding hydrogens is 316 g/mol. The number of carbonyl (C=O) groups is 1. The molecule has 7 heteroatoms. The molecule has 0 unspecified atom stereocenters. The second kappa shape index (κ2) is 7.21. The van der Waals surface area contributed by atoms with E-state index in [0.29, 0.717) is 17.9 Å². The van der Waals surface area contributed by atoms with Gasteiger partial charge in [0.05, 0.1) is 17.3 Å². The van der Waals surface area contributed by atoms with Crippen LogP contribution in [-0.2, 0) is 0 Å². The lowest BCUT2D eigenvalue weighted by Crippen LogP contribution is -2.30. The summed E-state index contributed by atoms with van der Waals surface area (Å²) in [5, 5.41) is 7.34. The molecule has 0 aliphatic rings. The Hall–Kier alpha value is -3.09. The van der Waals surface area contributed by atoms with Crippen LogP contribution in [0.25, 0.3) is 11.4 Å². The molecule has 128 valence electrons. The number of nitrogens with one attached hydrogen (secondary N) is 1. The maximum absolute atomic E-state index is 12.3. The molecule has 0 aromatic carbocycles. The van der Waals surface area contributed by atoms with Crippen LogP contribution in [-0.4, -0.2) is 37.2 Å². The predicted molar refractivity (Wildman–Crippen MR) is 94.0 cm³/mol. The fraction of sp³-hybridized carbons (Fsp3) is 0.278. The lowest BCUT2D eigenvalue weighted by Gasteiger charge is -2.15. The Morgan fingerprint density at radius 1 is 1.24 bits per heavy atom. The molecule has 7 nitrogen and oxygen atoms in total. The van der Waals surface area contributed by atoms with Gasteiger partial charge in [-0.1, -0.05) is 0 Å². The summed E-state index contributed by atoms with van der Waals surface area (Å²) in [6.07, 6.45) is 6.43. The lowest BCUT2D eigenvalue weighted by molar-refractivity contribution is 0.0947. The highest BCUT2D eigenvalue weighted by molar-refractivity contribution is 5.93. The Morgan fingerprint density at radius 3 is 2.60 bits per heavy atom. The summed E-state index contributed by atoms with van der Waals surface area (Å²) in [5.74, 6) is 0.340. The Labute approximate surface area is 146 Å². The van der Waals surface area contributed by atoms with E-state index in [4.69, 9.17) is 0 Å². The van der Waals surface area contributed by atoms with Gasteiger partial charge in [-0.15, -0.1) is 0 Å². The third-order valence-corrected chi connectivity index (χ3v) is 3.85. The van der Waals surface area contributed by atoms with E-state index in [1.807, 2.05) is 43.7 Å². The number of nitrogens with zero attached hydrogens (tertiary/aromatic N) is 5. The number of aromatic nitrogens is 5. The summed E-state index contributed by atoms with van der Waals surface area (Å²) < 4.78 is 1.91. The third kappa shape index (κ3) is 3.88. The van der Waals surface area contributed by atoms with Gasteiger partial charge in [0, 0.05) is 42.6 Å². The number of rotatable bonds is 5. The van der Waals surface area contributed by atoms with Gasteiger partial charge >= 0.3 is 0 Å². The number of pyridine rings is 1. The molecule has 0 aliphatic heterocycles. The van der Waals surface area contributed by atoms with Crippen molar-refractivity contribution in [1.29, 1.82) is 0 Å². The molecule has 0 radical (unpaired) electrons. The quantitative estimate of drug-likeness (QED) is 0.773. The van der Waals surface area contributed by atoms with Crippen LogP contribution in [0.4, 0.5) is 0 Å². The average Bonchev–Trinajstić information content (AvgIpc) is 2.98. The highest BCUT2D eigenvalue weighted by Gasteiger charge is 2.13. The molecule has 1 N–H and O–H groups in total. The van der Waals surface area contributed by atoms with Crippen molar-refractivity contribution in [3.63, 3.8) is 0 Å². The Balaban J connectivity index is 1.62. The van der Waals surface area contributed by atoms with Crippen molar-refractivity contribution in [3.05, 3.63) is 59.9 Å². The highest BCUT2D eigenvalue weighted by atomic mass is 16.1. The van der Waals surface area contributed by atoms with E-state index in [9.17, 15) is 4.79 Å². The summed E-state index contributed by atoms with van der Waals surface area (Å²) in [7, 11) is 0. The largest absolute Gasteiger partial charge is 0.350 e. The van der Waals surface area contributed by atoms with Gasteiger partial charge < -0.3 is 5.32 Å². The fourth-order valence-corrected chi connectivity index (χ4v) is 2.61. The molecule has 1 atom stereocenters. The smallest absolute Gasteiger partial charge is 0.254 e. The molecule has 0 spiro atoms. The van der Waals surface area contributed by atoms with Crippen LogP contribution in [0, 0.1) is 13.8 Å². The first-order valence-corrected chi connectivity index (χ1v) is 8.08. The second-order valence-electron chi connectivity index (χ2n) is 5.97. The van der Waals surface area contributed by atoms with Crippen LogP contribution in [0.5, 0.6) is 0 Å². The van der Waals surface area contributed by atoms with Gasteiger partial charge in [0.2, 0.25) is 0 Å². The zero-order valence-corrected chi connectivity index (χ0v) is 14.5.